The molecule has 1 amide bonds. The number of aromatic amines is 1. The van der Waals surface area contributed by atoms with Gasteiger partial charge in [-0.2, -0.15) is 5.10 Å². The molecule has 0 aliphatic carbocycles. The number of likely N-dealkylation sites (N-methyl/N-ethyl adjacent to an activating group) is 1. The Kier molecular flexibility index (Phi) is 4.81. The largest absolute Gasteiger partial charge is 0.341 e. The highest BCUT2D eigenvalue weighted by molar-refractivity contribution is 6.06. The van der Waals surface area contributed by atoms with Crippen LogP contribution in [0.2, 0.25) is 0 Å². The Hall–Kier alpha value is -2.69. The summed E-state index contributed by atoms with van der Waals surface area (Å²) in [5, 5.41) is 8.16. The average Bonchev–Trinajstić information content (AvgIpc) is 2.93. The predicted molar refractivity (Wildman–Crippen MR) is 105 cm³/mol. The van der Waals surface area contributed by atoms with Crippen molar-refractivity contribution in [3.8, 4) is 0 Å². The summed E-state index contributed by atoms with van der Waals surface area (Å²) in [6, 6.07) is 5.96. The molecule has 0 saturated heterocycles. The van der Waals surface area contributed by atoms with Gasteiger partial charge in [0.25, 0.3) is 5.91 Å². The Bertz CT molecular complexity index is 968. The maximum absolute atomic E-state index is 13.1. The Morgan fingerprint density at radius 3 is 2.54 bits per heavy atom. The van der Waals surface area contributed by atoms with E-state index in [0.717, 1.165) is 45.5 Å². The molecular formula is C21H26N4O. The summed E-state index contributed by atoms with van der Waals surface area (Å²) < 4.78 is 0. The molecule has 136 valence electrons. The molecule has 1 N–H and O–H groups in total. The lowest BCUT2D eigenvalue weighted by molar-refractivity contribution is 0.0798. The Labute approximate surface area is 154 Å². The molecule has 0 atom stereocenters. The van der Waals surface area contributed by atoms with Gasteiger partial charge in [0, 0.05) is 30.4 Å². The van der Waals surface area contributed by atoms with Crippen LogP contribution in [0.4, 0.5) is 0 Å². The highest BCUT2D eigenvalue weighted by Crippen LogP contribution is 2.25. The second kappa shape index (κ2) is 6.90. The number of aryl methyl sites for hydroxylation is 5. The lowest BCUT2D eigenvalue weighted by Gasteiger charge is -2.19. The van der Waals surface area contributed by atoms with E-state index in [1.807, 2.05) is 40.0 Å². The summed E-state index contributed by atoms with van der Waals surface area (Å²) in [6.45, 7) is 10.7. The maximum Gasteiger partial charge on any atom is 0.254 e. The molecule has 0 unspecified atom stereocenters. The molecule has 0 spiro atoms. The monoisotopic (exact) mass is 350 g/mol. The van der Waals surface area contributed by atoms with E-state index >= 15 is 0 Å². The van der Waals surface area contributed by atoms with Crippen LogP contribution in [0.1, 0.15) is 44.1 Å². The summed E-state index contributed by atoms with van der Waals surface area (Å²) in [7, 11) is 1.86. The fourth-order valence-corrected chi connectivity index (χ4v) is 3.36. The van der Waals surface area contributed by atoms with Crippen molar-refractivity contribution in [2.45, 2.75) is 41.0 Å². The normalized spacial score (nSPS) is 11.2. The standard InChI is InChI=1S/C21H26N4O/c1-12-7-8-18-19(11-13(2)22-20(18)14(12)3)21(26)25(6)10-9-17-15(4)23-24-16(17)5/h7-8,11H,9-10H2,1-6H3,(H,23,24). The van der Waals surface area contributed by atoms with Crippen LogP contribution in [0.25, 0.3) is 10.9 Å². The molecule has 0 bridgehead atoms. The van der Waals surface area contributed by atoms with Gasteiger partial charge in [0.2, 0.25) is 0 Å². The van der Waals surface area contributed by atoms with Gasteiger partial charge in [-0.3, -0.25) is 14.9 Å². The molecule has 2 heterocycles. The number of H-pyrrole nitrogens is 1. The number of benzene rings is 1. The SMILES string of the molecule is Cc1cc(C(=O)N(C)CCc2c(C)n[nH]c2C)c2ccc(C)c(C)c2n1. The molecule has 0 aliphatic heterocycles. The molecule has 2 aromatic heterocycles. The van der Waals surface area contributed by atoms with E-state index in [1.54, 1.807) is 4.90 Å². The molecule has 3 rings (SSSR count). The van der Waals surface area contributed by atoms with Crippen LogP contribution in [0, 0.1) is 34.6 Å². The maximum atomic E-state index is 13.1. The minimum atomic E-state index is 0.0301. The van der Waals surface area contributed by atoms with E-state index in [1.165, 1.54) is 11.1 Å². The van der Waals surface area contributed by atoms with Gasteiger partial charge in [-0.25, -0.2) is 0 Å². The molecule has 0 fully saturated rings. The molecule has 5 heteroatoms. The molecule has 26 heavy (non-hydrogen) atoms. The fraction of sp³-hybridized carbons (Fsp3) is 0.381. The van der Waals surface area contributed by atoms with Crippen LogP contribution in [0.15, 0.2) is 18.2 Å². The fourth-order valence-electron chi connectivity index (χ4n) is 3.36. The first kappa shape index (κ1) is 18.1. The van der Waals surface area contributed by atoms with E-state index in [-0.39, 0.29) is 5.91 Å². The molecular weight excluding hydrogens is 324 g/mol. The summed E-state index contributed by atoms with van der Waals surface area (Å²) >= 11 is 0. The van der Waals surface area contributed by atoms with Gasteiger partial charge in [-0.05, 0) is 63.8 Å². The Balaban J connectivity index is 1.91. The van der Waals surface area contributed by atoms with Gasteiger partial charge in [0.15, 0.2) is 0 Å². The van der Waals surface area contributed by atoms with Crippen LogP contribution in [-0.4, -0.2) is 39.6 Å². The number of rotatable bonds is 4. The molecule has 5 nitrogen and oxygen atoms in total. The van der Waals surface area contributed by atoms with Crippen molar-refractivity contribution in [1.82, 2.24) is 20.1 Å². The van der Waals surface area contributed by atoms with Gasteiger partial charge < -0.3 is 4.90 Å². The number of carbonyl (C=O) groups excluding carboxylic acids is 1. The zero-order valence-electron chi connectivity index (χ0n) is 16.4. The molecule has 1 aromatic carbocycles. The van der Waals surface area contributed by atoms with Crippen molar-refractivity contribution >= 4 is 16.8 Å². The number of hydrogen-bond acceptors (Lipinski definition) is 3. The first-order valence-corrected chi connectivity index (χ1v) is 8.93. The topological polar surface area (TPSA) is 61.9 Å². The summed E-state index contributed by atoms with van der Waals surface area (Å²) in [5.74, 6) is 0.0301. The molecule has 0 aliphatic rings. The van der Waals surface area contributed by atoms with Crippen LogP contribution in [0.5, 0.6) is 0 Å². The number of hydrogen-bond donors (Lipinski definition) is 1. The number of carbonyl (C=O) groups is 1. The van der Waals surface area contributed by atoms with Crippen molar-refractivity contribution in [2.24, 2.45) is 0 Å². The zero-order chi connectivity index (χ0) is 19.0. The van der Waals surface area contributed by atoms with Crippen molar-refractivity contribution in [3.05, 3.63) is 57.5 Å². The lowest BCUT2D eigenvalue weighted by Crippen LogP contribution is -2.29. The molecule has 0 saturated carbocycles. The minimum Gasteiger partial charge on any atom is -0.341 e. The number of amides is 1. The van der Waals surface area contributed by atoms with Gasteiger partial charge in [-0.1, -0.05) is 12.1 Å². The third kappa shape index (κ3) is 3.21. The third-order valence-corrected chi connectivity index (χ3v) is 5.19. The number of fused-ring (bicyclic) bond motifs is 1. The number of nitrogens with zero attached hydrogens (tertiary/aromatic N) is 3. The van der Waals surface area contributed by atoms with Gasteiger partial charge >= 0.3 is 0 Å². The van der Waals surface area contributed by atoms with Crippen molar-refractivity contribution in [3.63, 3.8) is 0 Å². The predicted octanol–water partition coefficient (Wildman–Crippen LogP) is 3.81. The van der Waals surface area contributed by atoms with Crippen molar-refractivity contribution in [1.29, 1.82) is 0 Å². The van der Waals surface area contributed by atoms with E-state index in [2.05, 4.69) is 35.1 Å². The number of aromatic nitrogens is 3. The quantitative estimate of drug-likeness (QED) is 0.778. The van der Waals surface area contributed by atoms with Gasteiger partial charge in [0.05, 0.1) is 16.8 Å². The van der Waals surface area contributed by atoms with Crippen LogP contribution < -0.4 is 0 Å². The third-order valence-electron chi connectivity index (χ3n) is 5.19. The molecule has 3 aromatic rings. The van der Waals surface area contributed by atoms with E-state index < -0.39 is 0 Å². The lowest BCUT2D eigenvalue weighted by atomic mass is 10.00. The summed E-state index contributed by atoms with van der Waals surface area (Å²) in [5.41, 5.74) is 8.08. The van der Waals surface area contributed by atoms with E-state index in [0.29, 0.717) is 6.54 Å². The van der Waals surface area contributed by atoms with Crippen molar-refractivity contribution < 1.29 is 4.79 Å². The van der Waals surface area contributed by atoms with Crippen LogP contribution in [-0.2, 0) is 6.42 Å². The zero-order valence-corrected chi connectivity index (χ0v) is 16.4. The second-order valence-electron chi connectivity index (χ2n) is 7.10. The highest BCUT2D eigenvalue weighted by Gasteiger charge is 2.18. The molecule has 0 radical (unpaired) electrons. The first-order chi connectivity index (χ1) is 12.3. The first-order valence-electron chi connectivity index (χ1n) is 8.93. The van der Waals surface area contributed by atoms with Crippen molar-refractivity contribution in [2.75, 3.05) is 13.6 Å². The summed E-state index contributed by atoms with van der Waals surface area (Å²) in [4.78, 5) is 19.6. The van der Waals surface area contributed by atoms with Gasteiger partial charge in [0.1, 0.15) is 0 Å². The van der Waals surface area contributed by atoms with E-state index in [4.69, 9.17) is 0 Å². The smallest absolute Gasteiger partial charge is 0.254 e. The summed E-state index contributed by atoms with van der Waals surface area (Å²) in [6.07, 6.45) is 0.788. The van der Waals surface area contributed by atoms with Crippen LogP contribution in [0.3, 0.4) is 0 Å². The minimum absolute atomic E-state index is 0.0301. The number of pyridine rings is 1. The number of nitrogens with one attached hydrogen (secondary N) is 1. The van der Waals surface area contributed by atoms with Crippen LogP contribution >= 0.6 is 0 Å². The Morgan fingerprint density at radius 2 is 1.88 bits per heavy atom. The highest BCUT2D eigenvalue weighted by atomic mass is 16.2. The van der Waals surface area contributed by atoms with E-state index in [9.17, 15) is 4.79 Å². The van der Waals surface area contributed by atoms with Gasteiger partial charge in [-0.15, -0.1) is 0 Å². The Morgan fingerprint density at radius 1 is 1.15 bits per heavy atom. The average molecular weight is 350 g/mol. The second-order valence-corrected chi connectivity index (χ2v) is 7.10.